The molecule has 0 aliphatic rings. The van der Waals surface area contributed by atoms with E-state index in [1.807, 2.05) is 24.3 Å². The van der Waals surface area contributed by atoms with Gasteiger partial charge in [-0.15, -0.1) is 12.1 Å². The standard InChI is InChI=1S/C9H13OSi.BrH.Zn/c1-11(2,3)10-9-7-5-4-6-8-9;;/h5-8H,1-3H3;1H;/q-1;;+2/p-1. The van der Waals surface area contributed by atoms with Gasteiger partial charge in [-0.05, 0) is 25.4 Å². The Morgan fingerprint density at radius 1 is 1.23 bits per heavy atom. The molecular weight excluding hydrogens is 297 g/mol. The van der Waals surface area contributed by atoms with Crippen molar-refractivity contribution in [3.8, 4) is 5.75 Å². The van der Waals surface area contributed by atoms with Crippen LogP contribution in [-0.2, 0) is 16.3 Å². The van der Waals surface area contributed by atoms with Gasteiger partial charge in [0.2, 0.25) is 8.32 Å². The molecule has 1 nitrogen and oxygen atoms in total. The summed E-state index contributed by atoms with van der Waals surface area (Å²) in [6, 6.07) is 10.6. The number of rotatable bonds is 2. The van der Waals surface area contributed by atoms with Crippen LogP contribution in [0.25, 0.3) is 0 Å². The first-order valence-corrected chi connectivity index (χ1v) is 14.4. The second-order valence-electron chi connectivity index (χ2n) is 3.45. The van der Waals surface area contributed by atoms with Gasteiger partial charge in [0.15, 0.2) is 0 Å². The van der Waals surface area contributed by atoms with Crippen LogP contribution in [0.15, 0.2) is 24.3 Å². The molecule has 0 aliphatic carbocycles. The van der Waals surface area contributed by atoms with Crippen molar-refractivity contribution in [1.29, 1.82) is 0 Å². The third-order valence-electron chi connectivity index (χ3n) is 1.11. The summed E-state index contributed by atoms with van der Waals surface area (Å²) in [5.41, 5.74) is 0. The average molecular weight is 311 g/mol. The third kappa shape index (κ3) is 7.41. The summed E-state index contributed by atoms with van der Waals surface area (Å²) < 4.78 is 5.72. The first kappa shape index (κ1) is 13.3. The molecule has 13 heavy (non-hydrogen) atoms. The molecular formula is C9H13BrOSiZn. The topological polar surface area (TPSA) is 9.23 Å². The maximum atomic E-state index is 5.72. The third-order valence-corrected chi connectivity index (χ3v) is 1.96. The number of halogens is 1. The van der Waals surface area contributed by atoms with Gasteiger partial charge in [-0.1, -0.05) is 0 Å². The van der Waals surface area contributed by atoms with E-state index in [-0.39, 0.29) is 0 Å². The van der Waals surface area contributed by atoms with Gasteiger partial charge >= 0.3 is 30.0 Å². The average Bonchev–Trinajstić information content (AvgIpc) is 2.07. The Morgan fingerprint density at radius 3 is 2.08 bits per heavy atom. The summed E-state index contributed by atoms with van der Waals surface area (Å²) >= 11 is 4.25. The van der Waals surface area contributed by atoms with Crippen LogP contribution in [0, 0.1) is 6.07 Å². The predicted octanol–water partition coefficient (Wildman–Crippen LogP) is 3.54. The predicted molar refractivity (Wildman–Crippen MR) is 58.2 cm³/mol. The van der Waals surface area contributed by atoms with Crippen molar-refractivity contribution >= 4 is 21.9 Å². The maximum absolute atomic E-state index is 5.72. The molecule has 0 saturated heterocycles. The minimum atomic E-state index is -1.41. The van der Waals surface area contributed by atoms with E-state index < -0.39 is 8.32 Å². The van der Waals surface area contributed by atoms with Gasteiger partial charge in [0.25, 0.3) is 0 Å². The second kappa shape index (κ2) is 6.74. The molecule has 0 spiro atoms. The Balaban J connectivity index is 0.000000671. The Kier molecular flexibility index (Phi) is 6.92. The molecule has 0 fully saturated rings. The van der Waals surface area contributed by atoms with Crippen LogP contribution in [0.1, 0.15) is 0 Å². The molecule has 68 valence electrons. The number of hydrogen-bond donors (Lipinski definition) is 0. The number of benzene rings is 1. The normalized spacial score (nSPS) is 10.0. The van der Waals surface area contributed by atoms with E-state index in [2.05, 4.69) is 39.3 Å². The van der Waals surface area contributed by atoms with Crippen LogP contribution < -0.4 is 4.43 Å². The molecule has 0 saturated carbocycles. The van der Waals surface area contributed by atoms with E-state index in [0.29, 0.717) is 0 Å². The molecule has 0 aliphatic heterocycles. The Labute approximate surface area is 98.0 Å². The molecule has 1 aromatic rings. The molecule has 0 bridgehead atoms. The summed E-state index contributed by atoms with van der Waals surface area (Å²) in [7, 11) is -1.41. The SMILES string of the molecule is C[Si](C)(C)Oc1cc[c-]cc1.[Zn+][Br]. The molecule has 0 N–H and O–H groups in total. The Morgan fingerprint density at radius 2 is 1.69 bits per heavy atom. The van der Waals surface area contributed by atoms with Gasteiger partial charge in [-0.2, -0.15) is 18.2 Å². The van der Waals surface area contributed by atoms with Crippen LogP contribution in [0.5, 0.6) is 5.75 Å². The van der Waals surface area contributed by atoms with Crippen molar-refractivity contribution in [3.05, 3.63) is 30.3 Å². The van der Waals surface area contributed by atoms with Crippen molar-refractivity contribution in [2.75, 3.05) is 0 Å². The van der Waals surface area contributed by atoms with Crippen LogP contribution in [0.2, 0.25) is 19.6 Å². The van der Waals surface area contributed by atoms with Gasteiger partial charge < -0.3 is 4.43 Å². The summed E-state index contributed by atoms with van der Waals surface area (Å²) in [5, 5.41) is 0. The zero-order valence-electron chi connectivity index (χ0n) is 8.30. The molecule has 0 unspecified atom stereocenters. The molecule has 0 heterocycles. The van der Waals surface area contributed by atoms with Gasteiger partial charge in [-0.25, -0.2) is 0 Å². The minimum absolute atomic E-state index is 0.961. The monoisotopic (exact) mass is 308 g/mol. The van der Waals surface area contributed by atoms with Gasteiger partial charge in [0, 0.05) is 0 Å². The number of hydrogen-bond acceptors (Lipinski definition) is 1. The molecule has 4 heteroatoms. The van der Waals surface area contributed by atoms with E-state index in [0.717, 1.165) is 5.75 Å². The van der Waals surface area contributed by atoms with Crippen molar-refractivity contribution in [2.24, 2.45) is 0 Å². The summed E-state index contributed by atoms with van der Waals surface area (Å²) in [6.07, 6.45) is 0. The molecule has 1 rings (SSSR count). The second-order valence-corrected chi connectivity index (χ2v) is 7.88. The van der Waals surface area contributed by atoms with Crippen LogP contribution >= 0.6 is 13.6 Å². The van der Waals surface area contributed by atoms with Crippen molar-refractivity contribution in [2.45, 2.75) is 19.6 Å². The fourth-order valence-electron chi connectivity index (χ4n) is 0.793. The fraction of sp³-hybridized carbons (Fsp3) is 0.333. The summed E-state index contributed by atoms with van der Waals surface area (Å²) in [4.78, 5) is 0. The van der Waals surface area contributed by atoms with E-state index in [1.165, 1.54) is 16.3 Å². The zero-order valence-corrected chi connectivity index (χ0v) is 13.9. The van der Waals surface area contributed by atoms with Gasteiger partial charge in [0.05, 0.1) is 0 Å². The Hall–Kier alpha value is 0.340. The first-order valence-electron chi connectivity index (χ1n) is 4.00. The van der Waals surface area contributed by atoms with Crippen LogP contribution in [-0.4, -0.2) is 8.32 Å². The quantitative estimate of drug-likeness (QED) is 0.600. The molecule has 0 atom stereocenters. The molecule has 0 aromatic heterocycles. The molecule has 1 aromatic carbocycles. The van der Waals surface area contributed by atoms with E-state index in [9.17, 15) is 0 Å². The van der Waals surface area contributed by atoms with Crippen molar-refractivity contribution < 1.29 is 20.8 Å². The van der Waals surface area contributed by atoms with E-state index in [4.69, 9.17) is 4.43 Å². The van der Waals surface area contributed by atoms with Crippen LogP contribution in [0.3, 0.4) is 0 Å². The Bertz CT molecular complexity index is 223. The van der Waals surface area contributed by atoms with E-state index in [1.54, 1.807) is 0 Å². The van der Waals surface area contributed by atoms with Gasteiger partial charge in [0.1, 0.15) is 0 Å². The fourth-order valence-corrected chi connectivity index (χ4v) is 1.64. The zero-order chi connectivity index (χ0) is 10.3. The van der Waals surface area contributed by atoms with Crippen molar-refractivity contribution in [1.82, 2.24) is 0 Å². The van der Waals surface area contributed by atoms with Crippen LogP contribution in [0.4, 0.5) is 0 Å². The summed E-state index contributed by atoms with van der Waals surface area (Å²) in [6.45, 7) is 6.51. The molecule has 0 radical (unpaired) electrons. The molecule has 0 amide bonds. The summed E-state index contributed by atoms with van der Waals surface area (Å²) in [5.74, 6) is 0.961. The van der Waals surface area contributed by atoms with E-state index >= 15 is 0 Å². The van der Waals surface area contributed by atoms with Gasteiger partial charge in [-0.3, -0.25) is 0 Å². The van der Waals surface area contributed by atoms with Crippen molar-refractivity contribution in [3.63, 3.8) is 0 Å². The first-order chi connectivity index (χ1) is 6.08.